The van der Waals surface area contributed by atoms with E-state index in [1.54, 1.807) is 0 Å². The number of carbonyl (C=O) groups excluding carboxylic acids is 1. The quantitative estimate of drug-likeness (QED) is 0.553. The summed E-state index contributed by atoms with van der Waals surface area (Å²) < 4.78 is 5.69. The molecule has 0 aromatic rings. The minimum Gasteiger partial charge on any atom is -0.461 e. The van der Waals surface area contributed by atoms with E-state index in [9.17, 15) is 4.79 Å². The minimum atomic E-state index is -0.0230. The number of hydrogen-bond acceptors (Lipinski definition) is 2. The van der Waals surface area contributed by atoms with Crippen molar-refractivity contribution in [2.45, 2.75) is 53.6 Å². The number of esters is 1. The number of rotatable bonds is 3. The largest absolute Gasteiger partial charge is 0.461 e. The van der Waals surface area contributed by atoms with Gasteiger partial charge in [0.2, 0.25) is 0 Å². The highest BCUT2D eigenvalue weighted by Crippen LogP contribution is 2.60. The van der Waals surface area contributed by atoms with Gasteiger partial charge in [-0.2, -0.15) is 0 Å². The third-order valence-corrected chi connectivity index (χ3v) is 4.51. The van der Waals surface area contributed by atoms with Crippen LogP contribution in [0.15, 0.2) is 11.6 Å². The second-order valence-corrected chi connectivity index (χ2v) is 6.64. The zero-order chi connectivity index (χ0) is 12.8. The molecule has 0 N–H and O–H groups in total. The number of ether oxygens (including phenoxy) is 1. The van der Waals surface area contributed by atoms with Gasteiger partial charge in [0.25, 0.3) is 0 Å². The maximum atomic E-state index is 11.8. The molecule has 0 aromatic carbocycles. The predicted molar refractivity (Wildman–Crippen MR) is 68.5 cm³/mol. The van der Waals surface area contributed by atoms with E-state index in [4.69, 9.17) is 4.74 Å². The first-order valence-electron chi connectivity index (χ1n) is 6.70. The summed E-state index contributed by atoms with van der Waals surface area (Å²) in [5, 5.41) is 0. The van der Waals surface area contributed by atoms with Gasteiger partial charge >= 0.3 is 5.97 Å². The highest BCUT2D eigenvalue weighted by molar-refractivity contribution is 5.70. The monoisotopic (exact) mass is 236 g/mol. The van der Waals surface area contributed by atoms with E-state index in [0.717, 1.165) is 6.42 Å². The standard InChI is InChI=1S/C15H24O2/c1-9(2)8-12(16)17-14-11-7-6-10(3)13(14)15(11,4)5/h6,9,11,13-14H,7-8H2,1-5H3/t11-,13+,14?/m1/s1. The Bertz CT molecular complexity index is 352. The molecule has 0 spiro atoms. The van der Waals surface area contributed by atoms with Gasteiger partial charge in [-0.15, -0.1) is 0 Å². The lowest BCUT2D eigenvalue weighted by molar-refractivity contribution is -0.192. The van der Waals surface area contributed by atoms with Gasteiger partial charge in [0, 0.05) is 18.3 Å². The van der Waals surface area contributed by atoms with Crippen LogP contribution in [0.2, 0.25) is 0 Å². The van der Waals surface area contributed by atoms with Crippen molar-refractivity contribution in [1.82, 2.24) is 0 Å². The van der Waals surface area contributed by atoms with E-state index in [-0.39, 0.29) is 12.1 Å². The van der Waals surface area contributed by atoms with Crippen LogP contribution in [0, 0.1) is 23.2 Å². The van der Waals surface area contributed by atoms with Crippen LogP contribution >= 0.6 is 0 Å². The second kappa shape index (κ2) is 4.15. The molecule has 0 amide bonds. The number of carbonyl (C=O) groups is 1. The maximum absolute atomic E-state index is 11.8. The van der Waals surface area contributed by atoms with Crippen molar-refractivity contribution >= 4 is 5.97 Å². The number of fused-ring (bicyclic) bond motifs is 1. The first kappa shape index (κ1) is 12.7. The van der Waals surface area contributed by atoms with Crippen molar-refractivity contribution in [3.8, 4) is 0 Å². The summed E-state index contributed by atoms with van der Waals surface area (Å²) in [4.78, 5) is 11.8. The first-order valence-corrected chi connectivity index (χ1v) is 6.70. The van der Waals surface area contributed by atoms with E-state index < -0.39 is 0 Å². The minimum absolute atomic E-state index is 0.0230. The van der Waals surface area contributed by atoms with Crippen LogP contribution in [0.4, 0.5) is 0 Å². The van der Waals surface area contributed by atoms with Gasteiger partial charge in [-0.3, -0.25) is 4.79 Å². The molecular formula is C15H24O2. The molecule has 0 radical (unpaired) electrons. The molecule has 0 aliphatic heterocycles. The molecular weight excluding hydrogens is 212 g/mol. The van der Waals surface area contributed by atoms with Gasteiger partial charge in [0.15, 0.2) is 0 Å². The molecule has 96 valence electrons. The molecule has 2 heteroatoms. The molecule has 3 rings (SSSR count). The number of hydrogen-bond donors (Lipinski definition) is 0. The third-order valence-electron chi connectivity index (χ3n) is 4.51. The molecule has 3 aliphatic carbocycles. The fourth-order valence-electron chi connectivity index (χ4n) is 3.60. The predicted octanol–water partition coefficient (Wildman–Crippen LogP) is 3.57. The zero-order valence-corrected chi connectivity index (χ0v) is 11.6. The maximum Gasteiger partial charge on any atom is 0.306 e. The van der Waals surface area contributed by atoms with Crippen LogP contribution in [0.1, 0.15) is 47.5 Å². The van der Waals surface area contributed by atoms with Gasteiger partial charge in [-0.05, 0) is 24.7 Å². The van der Waals surface area contributed by atoms with Gasteiger partial charge in [-0.25, -0.2) is 0 Å². The Morgan fingerprint density at radius 3 is 2.65 bits per heavy atom. The second-order valence-electron chi connectivity index (χ2n) is 6.64. The van der Waals surface area contributed by atoms with Crippen molar-refractivity contribution in [2.75, 3.05) is 0 Å². The molecule has 1 unspecified atom stereocenters. The summed E-state index contributed by atoms with van der Waals surface area (Å²) >= 11 is 0. The molecule has 17 heavy (non-hydrogen) atoms. The topological polar surface area (TPSA) is 26.3 Å². The van der Waals surface area contributed by atoms with E-state index >= 15 is 0 Å². The number of allylic oxidation sites excluding steroid dienone is 1. The highest BCUT2D eigenvalue weighted by Gasteiger charge is 2.60. The van der Waals surface area contributed by atoms with Crippen LogP contribution in [-0.4, -0.2) is 12.1 Å². The van der Waals surface area contributed by atoms with Crippen LogP contribution in [0.3, 0.4) is 0 Å². The smallest absolute Gasteiger partial charge is 0.306 e. The Labute approximate surface area is 104 Å². The Hall–Kier alpha value is -0.790. The normalized spacial score (nSPS) is 34.0. The molecule has 0 aromatic heterocycles. The lowest BCUT2D eigenvalue weighted by Crippen LogP contribution is -2.61. The molecule has 1 fully saturated rings. The summed E-state index contributed by atoms with van der Waals surface area (Å²) in [6.45, 7) is 10.9. The van der Waals surface area contributed by atoms with Gasteiger partial charge in [0.05, 0.1) is 0 Å². The Kier molecular flexibility index (Phi) is 3.09. The Balaban J connectivity index is 2.02. The van der Waals surface area contributed by atoms with Gasteiger partial charge in [-0.1, -0.05) is 39.3 Å². The lowest BCUT2D eigenvalue weighted by atomic mass is 9.47. The SMILES string of the molecule is CC1=CC[C@@H]2C(OC(=O)CC(C)C)[C@H]1C2(C)C. The molecule has 2 nitrogen and oxygen atoms in total. The Morgan fingerprint density at radius 1 is 1.53 bits per heavy atom. The van der Waals surface area contributed by atoms with Crippen molar-refractivity contribution in [2.24, 2.45) is 23.2 Å². The van der Waals surface area contributed by atoms with Gasteiger partial charge < -0.3 is 4.74 Å². The summed E-state index contributed by atoms with van der Waals surface area (Å²) in [6, 6.07) is 0. The summed E-state index contributed by atoms with van der Waals surface area (Å²) in [7, 11) is 0. The van der Waals surface area contributed by atoms with Crippen molar-refractivity contribution in [3.63, 3.8) is 0 Å². The molecule has 3 aliphatic rings. The molecule has 3 atom stereocenters. The Morgan fingerprint density at radius 2 is 2.18 bits per heavy atom. The zero-order valence-electron chi connectivity index (χ0n) is 11.6. The van der Waals surface area contributed by atoms with E-state index in [1.165, 1.54) is 5.57 Å². The average molecular weight is 236 g/mol. The van der Waals surface area contributed by atoms with Crippen LogP contribution in [0.25, 0.3) is 0 Å². The van der Waals surface area contributed by atoms with Crippen LogP contribution in [0.5, 0.6) is 0 Å². The fourth-order valence-corrected chi connectivity index (χ4v) is 3.60. The molecule has 2 bridgehead atoms. The first-order chi connectivity index (χ1) is 7.84. The molecule has 0 saturated heterocycles. The van der Waals surface area contributed by atoms with Crippen molar-refractivity contribution in [1.29, 1.82) is 0 Å². The molecule has 1 saturated carbocycles. The van der Waals surface area contributed by atoms with Crippen LogP contribution in [-0.2, 0) is 9.53 Å². The van der Waals surface area contributed by atoms with Crippen molar-refractivity contribution in [3.05, 3.63) is 11.6 Å². The summed E-state index contributed by atoms with van der Waals surface area (Å²) in [5.74, 6) is 1.32. The fraction of sp³-hybridized carbons (Fsp3) is 0.800. The van der Waals surface area contributed by atoms with E-state index in [0.29, 0.717) is 29.6 Å². The lowest BCUT2D eigenvalue weighted by Gasteiger charge is -2.60. The highest BCUT2D eigenvalue weighted by atomic mass is 16.5. The van der Waals surface area contributed by atoms with Crippen molar-refractivity contribution < 1.29 is 9.53 Å². The average Bonchev–Trinajstić information content (AvgIpc) is 2.14. The third kappa shape index (κ3) is 2.02. The summed E-state index contributed by atoms with van der Waals surface area (Å²) in [5.41, 5.74) is 1.71. The van der Waals surface area contributed by atoms with Gasteiger partial charge in [0.1, 0.15) is 6.10 Å². The van der Waals surface area contributed by atoms with Crippen LogP contribution < -0.4 is 0 Å². The summed E-state index contributed by atoms with van der Waals surface area (Å²) in [6.07, 6.45) is 4.06. The van der Waals surface area contributed by atoms with E-state index in [1.807, 2.05) is 0 Å². The molecule has 0 heterocycles. The van der Waals surface area contributed by atoms with E-state index in [2.05, 4.69) is 40.7 Å².